The molecule has 25 heavy (non-hydrogen) atoms. The lowest BCUT2D eigenvalue weighted by atomic mass is 10.3. The van der Waals surface area contributed by atoms with Crippen LogP contribution >= 0.6 is 7.26 Å². The van der Waals surface area contributed by atoms with E-state index in [4.69, 9.17) is 0 Å². The van der Waals surface area contributed by atoms with Crippen molar-refractivity contribution in [2.75, 3.05) is 14.1 Å². The summed E-state index contributed by atoms with van der Waals surface area (Å²) in [5.74, 6) is 0.458. The normalized spacial score (nSPS) is 13.0. The molecule has 0 N–H and O–H groups in total. The Hall–Kier alpha value is -1.95. The summed E-state index contributed by atoms with van der Waals surface area (Å²) in [4.78, 5) is 2.42. The molecule has 0 bridgehead atoms. The van der Waals surface area contributed by atoms with Crippen LogP contribution in [0.25, 0.3) is 0 Å². The van der Waals surface area contributed by atoms with Gasteiger partial charge in [0, 0.05) is 0 Å². The third-order valence-electron chi connectivity index (χ3n) is 4.90. The number of benzene rings is 3. The molecule has 2 heteroatoms. The molecule has 0 radical (unpaired) electrons. The highest BCUT2D eigenvalue weighted by Gasteiger charge is 2.52. The zero-order valence-electron chi connectivity index (χ0n) is 15.3. The molecule has 0 aromatic heterocycles. The minimum Gasteiger partial charge on any atom is -0.274 e. The second-order valence-electron chi connectivity index (χ2n) is 6.58. The van der Waals surface area contributed by atoms with E-state index in [1.165, 1.54) is 15.9 Å². The summed E-state index contributed by atoms with van der Waals surface area (Å²) in [6.45, 7) is 2.31. The number of nitrogens with zero attached hydrogens (tertiary/aromatic N) is 1. The van der Waals surface area contributed by atoms with Crippen molar-refractivity contribution in [2.24, 2.45) is 0 Å². The van der Waals surface area contributed by atoms with Crippen LogP contribution in [0.4, 0.5) is 0 Å². The van der Waals surface area contributed by atoms with Crippen LogP contribution in [0.3, 0.4) is 0 Å². The summed E-state index contributed by atoms with van der Waals surface area (Å²) < 4.78 is 0. The zero-order chi connectivity index (χ0) is 17.7. The van der Waals surface area contributed by atoms with Crippen molar-refractivity contribution in [1.82, 2.24) is 4.90 Å². The molecule has 3 aromatic carbocycles. The maximum Gasteiger partial charge on any atom is 0.135 e. The molecule has 0 saturated heterocycles. The topological polar surface area (TPSA) is 3.24 Å². The van der Waals surface area contributed by atoms with Crippen molar-refractivity contribution in [3.8, 4) is 0 Å². The fourth-order valence-electron chi connectivity index (χ4n) is 3.94. The Morgan fingerprint density at radius 2 is 0.960 bits per heavy atom. The predicted molar refractivity (Wildman–Crippen MR) is 113 cm³/mol. The van der Waals surface area contributed by atoms with Crippen LogP contribution in [0.5, 0.6) is 0 Å². The molecule has 0 aliphatic heterocycles. The molecular weight excluding hydrogens is 321 g/mol. The fourth-order valence-corrected chi connectivity index (χ4v) is 9.03. The predicted octanol–water partition coefficient (Wildman–Crippen LogP) is 4.28. The van der Waals surface area contributed by atoms with Gasteiger partial charge in [0.2, 0.25) is 0 Å². The van der Waals surface area contributed by atoms with Gasteiger partial charge in [0.25, 0.3) is 0 Å². The van der Waals surface area contributed by atoms with Gasteiger partial charge < -0.3 is 0 Å². The molecule has 3 rings (SSSR count). The molecule has 128 valence electrons. The van der Waals surface area contributed by atoms with Crippen molar-refractivity contribution in [3.05, 3.63) is 91.0 Å². The van der Waals surface area contributed by atoms with Crippen LogP contribution in [0.15, 0.2) is 91.0 Å². The van der Waals surface area contributed by atoms with Crippen LogP contribution in [0.2, 0.25) is 0 Å². The first-order valence-corrected chi connectivity index (χ1v) is 10.8. The molecule has 1 unspecified atom stereocenters. The van der Waals surface area contributed by atoms with E-state index >= 15 is 0 Å². The Morgan fingerprint density at radius 1 is 0.640 bits per heavy atom. The van der Waals surface area contributed by atoms with Gasteiger partial charge >= 0.3 is 0 Å². The quantitative estimate of drug-likeness (QED) is 0.601. The lowest BCUT2D eigenvalue weighted by Crippen LogP contribution is -2.44. The third kappa shape index (κ3) is 3.27. The molecule has 0 saturated carbocycles. The van der Waals surface area contributed by atoms with Gasteiger partial charge in [-0.05, 0) is 56.9 Å². The molecule has 1 atom stereocenters. The minimum atomic E-state index is -1.79. The van der Waals surface area contributed by atoms with E-state index in [-0.39, 0.29) is 0 Å². The summed E-state index contributed by atoms with van der Waals surface area (Å²) in [5, 5.41) is 4.36. The Balaban J connectivity index is 2.40. The van der Waals surface area contributed by atoms with Gasteiger partial charge in [-0.1, -0.05) is 61.5 Å². The molecule has 0 aliphatic rings. The van der Waals surface area contributed by atoms with Crippen molar-refractivity contribution in [1.29, 1.82) is 0 Å². The van der Waals surface area contributed by atoms with Gasteiger partial charge in [-0.25, -0.2) is 0 Å². The Kier molecular flexibility index (Phi) is 5.68. The molecule has 3 aromatic rings. The van der Waals surface area contributed by atoms with E-state index in [1.54, 1.807) is 0 Å². The van der Waals surface area contributed by atoms with Crippen molar-refractivity contribution in [3.63, 3.8) is 0 Å². The van der Waals surface area contributed by atoms with Crippen molar-refractivity contribution in [2.45, 2.75) is 19.1 Å². The standard InChI is InChI=1S/C23H27NP/c1-4-23(24(2)3)25(20-14-8-5-9-15-20,21-16-10-6-11-17-21)22-18-12-7-13-19-22/h5-19,23H,4H2,1-3H3/q+1. The highest BCUT2D eigenvalue weighted by molar-refractivity contribution is 7.96. The van der Waals surface area contributed by atoms with Crippen molar-refractivity contribution >= 4 is 23.2 Å². The molecule has 0 aliphatic carbocycles. The Labute approximate surface area is 152 Å². The SMILES string of the molecule is CCC(N(C)C)[P+](c1ccccc1)(c1ccccc1)c1ccccc1. The summed E-state index contributed by atoms with van der Waals surface area (Å²) >= 11 is 0. The molecule has 0 fully saturated rings. The third-order valence-corrected chi connectivity index (χ3v) is 9.96. The molecule has 0 spiro atoms. The average Bonchev–Trinajstić information content (AvgIpc) is 2.68. The first kappa shape index (κ1) is 17.9. The summed E-state index contributed by atoms with van der Waals surface area (Å²) in [7, 11) is 2.65. The maximum absolute atomic E-state index is 2.42. The second kappa shape index (κ2) is 7.95. The average molecular weight is 348 g/mol. The Morgan fingerprint density at radius 3 is 1.20 bits per heavy atom. The van der Waals surface area contributed by atoms with Crippen LogP contribution in [0, 0.1) is 0 Å². The molecule has 0 amide bonds. The first-order chi connectivity index (χ1) is 12.2. The van der Waals surface area contributed by atoms with Gasteiger partial charge in [-0.3, -0.25) is 4.90 Å². The van der Waals surface area contributed by atoms with Gasteiger partial charge in [-0.2, -0.15) is 0 Å². The zero-order valence-corrected chi connectivity index (χ0v) is 16.2. The summed E-state index contributed by atoms with van der Waals surface area (Å²) in [5.41, 5.74) is 0. The Bertz CT molecular complexity index is 672. The minimum absolute atomic E-state index is 0.458. The van der Waals surface area contributed by atoms with E-state index in [9.17, 15) is 0 Å². The highest BCUT2D eigenvalue weighted by Crippen LogP contribution is 2.61. The summed E-state index contributed by atoms with van der Waals surface area (Å²) in [6, 6.07) is 33.3. The van der Waals surface area contributed by atoms with Gasteiger partial charge in [0.15, 0.2) is 0 Å². The first-order valence-electron chi connectivity index (χ1n) is 8.93. The number of rotatable bonds is 6. The number of hydrogen-bond acceptors (Lipinski definition) is 1. The molecular formula is C23H27NP+. The van der Waals surface area contributed by atoms with Crippen LogP contribution in [-0.2, 0) is 0 Å². The van der Waals surface area contributed by atoms with E-state index in [0.29, 0.717) is 5.78 Å². The van der Waals surface area contributed by atoms with Gasteiger partial charge in [0.1, 0.15) is 29.0 Å². The second-order valence-corrected chi connectivity index (χ2v) is 10.2. The lowest BCUT2D eigenvalue weighted by Gasteiger charge is -2.37. The van der Waals surface area contributed by atoms with Crippen molar-refractivity contribution < 1.29 is 0 Å². The van der Waals surface area contributed by atoms with Gasteiger partial charge in [0.05, 0.1) is 0 Å². The monoisotopic (exact) mass is 348 g/mol. The molecule has 0 heterocycles. The van der Waals surface area contributed by atoms with E-state index in [1.807, 2.05) is 0 Å². The van der Waals surface area contributed by atoms with E-state index in [2.05, 4.69) is 117 Å². The van der Waals surface area contributed by atoms with Gasteiger partial charge in [-0.15, -0.1) is 0 Å². The lowest BCUT2D eigenvalue weighted by molar-refractivity contribution is 0.370. The van der Waals surface area contributed by atoms with E-state index in [0.717, 1.165) is 6.42 Å². The largest absolute Gasteiger partial charge is 0.274 e. The fraction of sp³-hybridized carbons (Fsp3) is 0.217. The van der Waals surface area contributed by atoms with Crippen LogP contribution in [0.1, 0.15) is 13.3 Å². The maximum atomic E-state index is 2.42. The smallest absolute Gasteiger partial charge is 0.135 e. The van der Waals surface area contributed by atoms with Crippen LogP contribution < -0.4 is 15.9 Å². The number of hydrogen-bond donors (Lipinski definition) is 0. The summed E-state index contributed by atoms with van der Waals surface area (Å²) in [6.07, 6.45) is 1.11. The highest BCUT2D eigenvalue weighted by atomic mass is 31.2. The van der Waals surface area contributed by atoms with E-state index < -0.39 is 7.26 Å². The molecule has 1 nitrogen and oxygen atoms in total. The van der Waals surface area contributed by atoms with Crippen LogP contribution in [-0.4, -0.2) is 24.8 Å².